The first-order valence-electron chi connectivity index (χ1n) is 5.39. The molecule has 2 aromatic rings. The smallest absolute Gasteiger partial charge is 0.243 e. The number of hydrogen-bond acceptors (Lipinski definition) is 5. The number of aryl methyl sites for hydroxylation is 1. The number of methoxy groups -OCH3 is 1. The molecule has 5 nitrogen and oxygen atoms in total. The minimum atomic E-state index is -0.233. The normalized spacial score (nSPS) is 10.1. The summed E-state index contributed by atoms with van der Waals surface area (Å²) in [6.45, 7) is 1.85. The number of nitrogens with zero attached hydrogens (tertiary/aromatic N) is 2. The molecule has 0 unspecified atom stereocenters. The van der Waals surface area contributed by atoms with Gasteiger partial charge in [-0.1, -0.05) is 0 Å². The number of nitrogens with two attached hydrogens (primary N) is 1. The lowest BCUT2D eigenvalue weighted by Gasteiger charge is -2.06. The summed E-state index contributed by atoms with van der Waals surface area (Å²) in [5.41, 5.74) is 7.93. The number of carbonyl (C=O) groups excluding carboxylic acids is 1. The van der Waals surface area contributed by atoms with Crippen LogP contribution in [-0.4, -0.2) is 22.9 Å². The first-order chi connectivity index (χ1) is 8.63. The number of rotatable bonds is 3. The summed E-state index contributed by atoms with van der Waals surface area (Å²) < 4.78 is 5.02. The first kappa shape index (κ1) is 12.0. The molecule has 0 atom stereocenters. The number of carbonyl (C=O) groups is 1. The summed E-state index contributed by atoms with van der Waals surface area (Å²) in [5.74, 6) is -0.0139. The van der Waals surface area contributed by atoms with Gasteiger partial charge in [0.1, 0.15) is 0 Å². The Kier molecular flexibility index (Phi) is 3.23. The van der Waals surface area contributed by atoms with E-state index >= 15 is 0 Å². The molecule has 0 fully saturated rings. The highest BCUT2D eigenvalue weighted by atomic mass is 16.5. The van der Waals surface area contributed by atoms with Crippen LogP contribution in [0.5, 0.6) is 5.88 Å². The van der Waals surface area contributed by atoms with Crippen molar-refractivity contribution in [1.82, 2.24) is 9.97 Å². The molecule has 0 spiro atoms. The molecule has 1 heterocycles. The molecule has 0 saturated carbocycles. The third kappa shape index (κ3) is 2.15. The Morgan fingerprint density at radius 1 is 1.28 bits per heavy atom. The lowest BCUT2D eigenvalue weighted by Crippen LogP contribution is -2.08. The molecular weight excluding hydrogens is 230 g/mol. The van der Waals surface area contributed by atoms with Crippen molar-refractivity contribution in [2.45, 2.75) is 6.92 Å². The SMILES string of the molecule is COc1nccnc1C(=O)c1ccc(N)c(C)c1. The van der Waals surface area contributed by atoms with E-state index in [1.165, 1.54) is 19.5 Å². The van der Waals surface area contributed by atoms with Crippen LogP contribution in [0.1, 0.15) is 21.6 Å². The summed E-state index contributed by atoms with van der Waals surface area (Å²) in [7, 11) is 1.45. The molecule has 1 aromatic heterocycles. The molecular formula is C13H13N3O2. The number of ketones is 1. The van der Waals surface area contributed by atoms with E-state index in [0.717, 1.165) is 5.56 Å². The zero-order valence-electron chi connectivity index (χ0n) is 10.2. The maximum absolute atomic E-state index is 12.3. The maximum Gasteiger partial charge on any atom is 0.243 e. The van der Waals surface area contributed by atoms with E-state index in [1.807, 2.05) is 6.92 Å². The summed E-state index contributed by atoms with van der Waals surface area (Å²) >= 11 is 0. The van der Waals surface area contributed by atoms with E-state index in [4.69, 9.17) is 10.5 Å². The monoisotopic (exact) mass is 243 g/mol. The highest BCUT2D eigenvalue weighted by Crippen LogP contribution is 2.19. The van der Waals surface area contributed by atoms with E-state index in [-0.39, 0.29) is 17.4 Å². The second-order valence-electron chi connectivity index (χ2n) is 3.81. The van der Waals surface area contributed by atoms with Crippen molar-refractivity contribution in [3.05, 3.63) is 47.4 Å². The van der Waals surface area contributed by atoms with Gasteiger partial charge in [-0.2, -0.15) is 0 Å². The number of hydrogen-bond donors (Lipinski definition) is 1. The van der Waals surface area contributed by atoms with Gasteiger partial charge in [-0.3, -0.25) is 4.79 Å². The van der Waals surface area contributed by atoms with Crippen molar-refractivity contribution in [2.75, 3.05) is 12.8 Å². The van der Waals surface area contributed by atoms with Crippen molar-refractivity contribution in [3.63, 3.8) is 0 Å². The zero-order chi connectivity index (χ0) is 13.1. The van der Waals surface area contributed by atoms with Gasteiger partial charge >= 0.3 is 0 Å². The second kappa shape index (κ2) is 4.83. The van der Waals surface area contributed by atoms with Crippen LogP contribution in [0.4, 0.5) is 5.69 Å². The predicted molar refractivity (Wildman–Crippen MR) is 67.6 cm³/mol. The van der Waals surface area contributed by atoms with Crippen molar-refractivity contribution < 1.29 is 9.53 Å². The number of ether oxygens (including phenoxy) is 1. The molecule has 0 aliphatic carbocycles. The average Bonchev–Trinajstić information content (AvgIpc) is 2.41. The van der Waals surface area contributed by atoms with Gasteiger partial charge in [-0.15, -0.1) is 0 Å². The van der Waals surface area contributed by atoms with Gasteiger partial charge in [-0.25, -0.2) is 9.97 Å². The molecule has 0 aliphatic heterocycles. The lowest BCUT2D eigenvalue weighted by molar-refractivity contribution is 0.103. The van der Waals surface area contributed by atoms with Crippen LogP contribution in [0.2, 0.25) is 0 Å². The molecule has 0 saturated heterocycles. The molecule has 1 aromatic carbocycles. The lowest BCUT2D eigenvalue weighted by atomic mass is 10.0. The molecule has 2 N–H and O–H groups in total. The topological polar surface area (TPSA) is 78.1 Å². The second-order valence-corrected chi connectivity index (χ2v) is 3.81. The zero-order valence-corrected chi connectivity index (χ0v) is 10.2. The van der Waals surface area contributed by atoms with Crippen LogP contribution in [0.3, 0.4) is 0 Å². The Bertz CT molecular complexity index is 597. The van der Waals surface area contributed by atoms with E-state index in [9.17, 15) is 4.79 Å². The Morgan fingerprint density at radius 2 is 2.00 bits per heavy atom. The van der Waals surface area contributed by atoms with Crippen LogP contribution in [0.25, 0.3) is 0 Å². The summed E-state index contributed by atoms with van der Waals surface area (Å²) in [6.07, 6.45) is 2.93. The highest BCUT2D eigenvalue weighted by Gasteiger charge is 2.17. The van der Waals surface area contributed by atoms with Gasteiger partial charge in [0.25, 0.3) is 0 Å². The summed E-state index contributed by atoms with van der Waals surface area (Å²) in [4.78, 5) is 20.2. The fourth-order valence-corrected chi connectivity index (χ4v) is 1.58. The minimum absolute atomic E-state index is 0.198. The van der Waals surface area contributed by atoms with Gasteiger partial charge in [0.05, 0.1) is 7.11 Å². The van der Waals surface area contributed by atoms with E-state index in [0.29, 0.717) is 11.3 Å². The molecule has 2 rings (SSSR count). The Morgan fingerprint density at radius 3 is 2.67 bits per heavy atom. The van der Waals surface area contributed by atoms with Gasteiger partial charge in [0.2, 0.25) is 11.7 Å². The highest BCUT2D eigenvalue weighted by molar-refractivity contribution is 6.09. The van der Waals surface area contributed by atoms with E-state index < -0.39 is 0 Å². The number of aromatic nitrogens is 2. The standard InChI is InChI=1S/C13H13N3O2/c1-8-7-9(3-4-10(8)14)12(17)11-13(18-2)16-6-5-15-11/h3-7H,14H2,1-2H3. The predicted octanol–water partition coefficient (Wildman–Crippen LogP) is 1.61. The molecule has 0 bridgehead atoms. The van der Waals surface area contributed by atoms with Gasteiger partial charge in [-0.05, 0) is 30.7 Å². The van der Waals surface area contributed by atoms with Gasteiger partial charge < -0.3 is 10.5 Å². The van der Waals surface area contributed by atoms with E-state index in [2.05, 4.69) is 9.97 Å². The van der Waals surface area contributed by atoms with Crippen molar-refractivity contribution in [3.8, 4) is 5.88 Å². The van der Waals surface area contributed by atoms with Crippen LogP contribution < -0.4 is 10.5 Å². The number of nitrogen functional groups attached to an aromatic ring is 1. The Balaban J connectivity index is 2.44. The van der Waals surface area contributed by atoms with Crippen molar-refractivity contribution in [1.29, 1.82) is 0 Å². The van der Waals surface area contributed by atoms with Gasteiger partial charge in [0.15, 0.2) is 5.69 Å². The quantitative estimate of drug-likeness (QED) is 0.654. The third-order valence-electron chi connectivity index (χ3n) is 2.61. The molecule has 92 valence electrons. The van der Waals surface area contributed by atoms with Crippen molar-refractivity contribution in [2.24, 2.45) is 0 Å². The van der Waals surface area contributed by atoms with E-state index in [1.54, 1.807) is 18.2 Å². The maximum atomic E-state index is 12.3. The Labute approximate surface area is 105 Å². The van der Waals surface area contributed by atoms with Crippen LogP contribution in [0, 0.1) is 6.92 Å². The average molecular weight is 243 g/mol. The fourth-order valence-electron chi connectivity index (χ4n) is 1.58. The molecule has 5 heteroatoms. The Hall–Kier alpha value is -2.43. The first-order valence-corrected chi connectivity index (χ1v) is 5.39. The molecule has 0 radical (unpaired) electrons. The van der Waals surface area contributed by atoms with Crippen LogP contribution in [0.15, 0.2) is 30.6 Å². The number of benzene rings is 1. The van der Waals surface area contributed by atoms with Crippen LogP contribution >= 0.6 is 0 Å². The summed E-state index contributed by atoms with van der Waals surface area (Å²) in [6, 6.07) is 5.09. The molecule has 0 aliphatic rings. The fraction of sp³-hybridized carbons (Fsp3) is 0.154. The third-order valence-corrected chi connectivity index (χ3v) is 2.61. The van der Waals surface area contributed by atoms with Gasteiger partial charge in [0, 0.05) is 23.6 Å². The van der Waals surface area contributed by atoms with Crippen molar-refractivity contribution >= 4 is 11.5 Å². The molecule has 18 heavy (non-hydrogen) atoms. The molecule has 0 amide bonds. The largest absolute Gasteiger partial charge is 0.479 e. The minimum Gasteiger partial charge on any atom is -0.479 e. The van der Waals surface area contributed by atoms with Crippen LogP contribution in [-0.2, 0) is 0 Å². The number of anilines is 1. The summed E-state index contributed by atoms with van der Waals surface area (Å²) in [5, 5.41) is 0.